The molecule has 0 spiro atoms. The zero-order valence-electron chi connectivity index (χ0n) is 11.1. The van der Waals surface area contributed by atoms with Crippen LogP contribution < -0.4 is 5.73 Å². The third kappa shape index (κ3) is 2.37. The number of aryl methyl sites for hydroxylation is 2. The first-order valence-electron chi connectivity index (χ1n) is 6.23. The molecule has 1 unspecified atom stereocenters. The van der Waals surface area contributed by atoms with Crippen molar-refractivity contribution in [1.82, 2.24) is 14.5 Å². The molecule has 0 radical (unpaired) electrons. The van der Waals surface area contributed by atoms with E-state index in [1.54, 1.807) is 13.8 Å². The van der Waals surface area contributed by atoms with Crippen LogP contribution in [0.25, 0.3) is 0 Å². The first kappa shape index (κ1) is 14.0. The van der Waals surface area contributed by atoms with E-state index in [1.807, 2.05) is 0 Å². The second-order valence-electron chi connectivity index (χ2n) is 4.85. The van der Waals surface area contributed by atoms with Crippen LogP contribution in [0.5, 0.6) is 0 Å². The van der Waals surface area contributed by atoms with Crippen LogP contribution in [0.15, 0.2) is 4.90 Å². The number of aromatic nitrogens is 2. The average Bonchev–Trinajstić information content (AvgIpc) is 2.69. The van der Waals surface area contributed by atoms with Crippen LogP contribution in [0.1, 0.15) is 30.7 Å². The van der Waals surface area contributed by atoms with Gasteiger partial charge in [-0.25, -0.2) is 8.42 Å². The largest absolute Gasteiger partial charge is 0.386 e. The highest BCUT2D eigenvalue weighted by Crippen LogP contribution is 2.28. The van der Waals surface area contributed by atoms with Crippen molar-refractivity contribution in [2.75, 3.05) is 6.54 Å². The van der Waals surface area contributed by atoms with Crippen LogP contribution in [-0.2, 0) is 10.0 Å². The fourth-order valence-electron chi connectivity index (χ4n) is 2.54. The van der Waals surface area contributed by atoms with Crippen LogP contribution in [0.4, 0.5) is 0 Å². The van der Waals surface area contributed by atoms with Crippen molar-refractivity contribution < 1.29 is 8.42 Å². The Labute approximate surface area is 112 Å². The standard InChI is InChI=1S/C11H19N5O2S/c1-7-10(8(2)15-14-7)19(17,18)16-6-4-3-5-9(16)11(12)13/h9H,3-6H2,1-2H3,(H3,12,13)(H,14,15). The molecule has 0 bridgehead atoms. The van der Waals surface area contributed by atoms with Crippen LogP contribution >= 0.6 is 0 Å². The summed E-state index contributed by atoms with van der Waals surface area (Å²) in [5.41, 5.74) is 6.51. The van der Waals surface area contributed by atoms with Gasteiger partial charge >= 0.3 is 0 Å². The molecule has 106 valence electrons. The second kappa shape index (κ2) is 4.93. The fourth-order valence-corrected chi connectivity index (χ4v) is 4.55. The maximum absolute atomic E-state index is 12.7. The van der Waals surface area contributed by atoms with Crippen molar-refractivity contribution in [3.8, 4) is 0 Å². The molecule has 19 heavy (non-hydrogen) atoms. The van der Waals surface area contributed by atoms with E-state index < -0.39 is 16.1 Å². The normalized spacial score (nSPS) is 21.5. The molecule has 1 aliphatic heterocycles. The summed E-state index contributed by atoms with van der Waals surface area (Å²) in [4.78, 5) is 0.209. The van der Waals surface area contributed by atoms with Gasteiger partial charge in [0.2, 0.25) is 10.0 Å². The number of nitrogens with two attached hydrogens (primary N) is 1. The van der Waals surface area contributed by atoms with Crippen LogP contribution in [0.2, 0.25) is 0 Å². The first-order chi connectivity index (χ1) is 8.85. The molecule has 0 amide bonds. The third-order valence-corrected chi connectivity index (χ3v) is 5.61. The molecule has 1 fully saturated rings. The molecule has 1 aliphatic rings. The summed E-state index contributed by atoms with van der Waals surface area (Å²) in [6.07, 6.45) is 2.28. The summed E-state index contributed by atoms with van der Waals surface area (Å²) in [6, 6.07) is -0.535. The smallest absolute Gasteiger partial charge is 0.247 e. The minimum Gasteiger partial charge on any atom is -0.386 e. The molecule has 2 rings (SSSR count). The summed E-state index contributed by atoms with van der Waals surface area (Å²) < 4.78 is 26.8. The Morgan fingerprint density at radius 2 is 2.16 bits per heavy atom. The number of nitrogens with zero attached hydrogens (tertiary/aromatic N) is 2. The quantitative estimate of drug-likeness (QED) is 0.554. The number of rotatable bonds is 3. The maximum Gasteiger partial charge on any atom is 0.247 e. The van der Waals surface area contributed by atoms with Crippen molar-refractivity contribution in [3.05, 3.63) is 11.4 Å². The molecule has 4 N–H and O–H groups in total. The summed E-state index contributed by atoms with van der Waals surface area (Å²) in [6.45, 7) is 3.74. The van der Waals surface area contributed by atoms with Crippen molar-refractivity contribution in [3.63, 3.8) is 0 Å². The Morgan fingerprint density at radius 1 is 1.47 bits per heavy atom. The number of aromatic amines is 1. The van der Waals surface area contributed by atoms with E-state index in [0.717, 1.165) is 12.8 Å². The van der Waals surface area contributed by atoms with Gasteiger partial charge in [-0.1, -0.05) is 6.42 Å². The third-order valence-electron chi connectivity index (χ3n) is 3.44. The second-order valence-corrected chi connectivity index (χ2v) is 6.67. The van der Waals surface area contributed by atoms with Gasteiger partial charge < -0.3 is 5.73 Å². The molecule has 2 heterocycles. The van der Waals surface area contributed by atoms with Gasteiger partial charge in [0.1, 0.15) is 10.7 Å². The number of nitrogens with one attached hydrogen (secondary N) is 2. The van der Waals surface area contributed by atoms with Crippen LogP contribution in [0.3, 0.4) is 0 Å². The summed E-state index contributed by atoms with van der Waals surface area (Å²) in [7, 11) is -3.66. The Bertz CT molecular complexity index is 573. The zero-order chi connectivity index (χ0) is 14.2. The highest BCUT2D eigenvalue weighted by Gasteiger charge is 2.37. The van der Waals surface area contributed by atoms with Gasteiger partial charge in [-0.15, -0.1) is 0 Å². The molecule has 1 saturated heterocycles. The molecular weight excluding hydrogens is 266 g/mol. The predicted octanol–water partition coefficient (Wildman–Crippen LogP) is 0.506. The molecular formula is C11H19N5O2S. The molecule has 8 heteroatoms. The van der Waals surface area contributed by atoms with Crippen molar-refractivity contribution in [1.29, 1.82) is 5.41 Å². The molecule has 7 nitrogen and oxygen atoms in total. The van der Waals surface area contributed by atoms with Gasteiger partial charge in [0, 0.05) is 6.54 Å². The van der Waals surface area contributed by atoms with E-state index >= 15 is 0 Å². The number of sulfonamides is 1. The predicted molar refractivity (Wildman–Crippen MR) is 71.5 cm³/mol. The average molecular weight is 285 g/mol. The van der Waals surface area contributed by atoms with Gasteiger partial charge in [0.05, 0.1) is 17.4 Å². The van der Waals surface area contributed by atoms with Gasteiger partial charge in [-0.3, -0.25) is 10.5 Å². The highest BCUT2D eigenvalue weighted by molar-refractivity contribution is 7.89. The summed E-state index contributed by atoms with van der Waals surface area (Å²) >= 11 is 0. The number of H-pyrrole nitrogens is 1. The van der Waals surface area contributed by atoms with E-state index in [2.05, 4.69) is 10.2 Å². The Morgan fingerprint density at radius 3 is 2.68 bits per heavy atom. The molecule has 0 saturated carbocycles. The maximum atomic E-state index is 12.7. The van der Waals surface area contributed by atoms with Gasteiger partial charge in [0.15, 0.2) is 0 Å². The Balaban J connectivity index is 2.46. The first-order valence-corrected chi connectivity index (χ1v) is 7.67. The number of hydrogen-bond donors (Lipinski definition) is 3. The fraction of sp³-hybridized carbons (Fsp3) is 0.636. The topological polar surface area (TPSA) is 116 Å². The Hall–Kier alpha value is -1.41. The van der Waals surface area contributed by atoms with Gasteiger partial charge in [-0.05, 0) is 26.7 Å². The lowest BCUT2D eigenvalue weighted by atomic mass is 10.0. The van der Waals surface area contributed by atoms with Crippen LogP contribution in [0, 0.1) is 19.3 Å². The number of piperidine rings is 1. The highest BCUT2D eigenvalue weighted by atomic mass is 32.2. The molecule has 0 aromatic carbocycles. The van der Waals surface area contributed by atoms with Crippen molar-refractivity contribution in [2.45, 2.75) is 44.0 Å². The van der Waals surface area contributed by atoms with Gasteiger partial charge in [-0.2, -0.15) is 9.40 Å². The molecule has 0 aliphatic carbocycles. The minimum absolute atomic E-state index is 0.0953. The van der Waals surface area contributed by atoms with Crippen molar-refractivity contribution in [2.24, 2.45) is 5.73 Å². The molecule has 1 aromatic rings. The summed E-state index contributed by atoms with van der Waals surface area (Å²) in [5, 5.41) is 14.2. The van der Waals surface area contributed by atoms with E-state index in [0.29, 0.717) is 24.4 Å². The summed E-state index contributed by atoms with van der Waals surface area (Å²) in [5.74, 6) is -0.0953. The minimum atomic E-state index is -3.66. The number of amidine groups is 1. The lowest BCUT2D eigenvalue weighted by molar-refractivity contribution is 0.303. The SMILES string of the molecule is Cc1n[nH]c(C)c1S(=O)(=O)N1CCCCC1C(=N)N. The lowest BCUT2D eigenvalue weighted by Crippen LogP contribution is -2.50. The van der Waals surface area contributed by atoms with E-state index in [9.17, 15) is 8.42 Å². The monoisotopic (exact) mass is 285 g/mol. The Kier molecular flexibility index (Phi) is 3.64. The van der Waals surface area contributed by atoms with E-state index in [4.69, 9.17) is 11.1 Å². The number of hydrogen-bond acceptors (Lipinski definition) is 4. The zero-order valence-corrected chi connectivity index (χ0v) is 11.9. The van der Waals surface area contributed by atoms with Crippen molar-refractivity contribution >= 4 is 15.9 Å². The van der Waals surface area contributed by atoms with Crippen LogP contribution in [-0.4, -0.2) is 41.3 Å². The molecule has 1 atom stereocenters. The molecule has 1 aromatic heterocycles. The van der Waals surface area contributed by atoms with E-state index in [-0.39, 0.29) is 10.7 Å². The van der Waals surface area contributed by atoms with E-state index in [1.165, 1.54) is 4.31 Å². The van der Waals surface area contributed by atoms with Gasteiger partial charge in [0.25, 0.3) is 0 Å². The lowest BCUT2D eigenvalue weighted by Gasteiger charge is -2.33.